The van der Waals surface area contributed by atoms with E-state index >= 15 is 0 Å². The predicted molar refractivity (Wildman–Crippen MR) is 52.6 cm³/mol. The van der Waals surface area contributed by atoms with Gasteiger partial charge in [0, 0.05) is 18.8 Å². The van der Waals surface area contributed by atoms with Crippen LogP contribution in [0.4, 0.5) is 5.69 Å². The molecule has 2 rings (SSSR count). The third-order valence-electron chi connectivity index (χ3n) is 2.45. The summed E-state index contributed by atoms with van der Waals surface area (Å²) in [5.41, 5.74) is 1.95. The first-order valence-corrected chi connectivity index (χ1v) is 4.65. The van der Waals surface area contributed by atoms with Crippen molar-refractivity contribution in [3.05, 3.63) is 29.8 Å². The molecule has 13 heavy (non-hydrogen) atoms. The Kier molecular flexibility index (Phi) is 2.18. The van der Waals surface area contributed by atoms with Crippen molar-refractivity contribution in [1.82, 2.24) is 0 Å². The second-order valence-corrected chi connectivity index (χ2v) is 3.36. The van der Waals surface area contributed by atoms with E-state index in [1.807, 2.05) is 18.2 Å². The lowest BCUT2D eigenvalue weighted by Gasteiger charge is -2.17. The summed E-state index contributed by atoms with van der Waals surface area (Å²) in [6.45, 7) is 2.27. The van der Waals surface area contributed by atoms with Gasteiger partial charge in [0.1, 0.15) is 0 Å². The average Bonchev–Trinajstić information content (AvgIpc) is 2.71. The maximum Gasteiger partial charge on any atom is 0.0992 e. The zero-order chi connectivity index (χ0) is 9.10. The summed E-state index contributed by atoms with van der Waals surface area (Å²) in [5, 5.41) is 8.74. The van der Waals surface area contributed by atoms with Gasteiger partial charge in [0.05, 0.1) is 11.6 Å². The quantitative estimate of drug-likeness (QED) is 0.649. The average molecular weight is 172 g/mol. The molecule has 1 aliphatic heterocycles. The molecule has 0 spiro atoms. The lowest BCUT2D eigenvalue weighted by atomic mass is 10.2. The van der Waals surface area contributed by atoms with Crippen LogP contribution in [0.15, 0.2) is 24.3 Å². The molecular formula is C11H12N2. The van der Waals surface area contributed by atoms with Gasteiger partial charge in [0.25, 0.3) is 0 Å². The zero-order valence-electron chi connectivity index (χ0n) is 7.53. The third kappa shape index (κ3) is 1.65. The Labute approximate surface area is 78.4 Å². The highest BCUT2D eigenvalue weighted by molar-refractivity contribution is 5.51. The molecule has 0 radical (unpaired) electrons. The Hall–Kier alpha value is -1.49. The van der Waals surface area contributed by atoms with Crippen molar-refractivity contribution in [2.45, 2.75) is 12.8 Å². The van der Waals surface area contributed by atoms with Gasteiger partial charge >= 0.3 is 0 Å². The molecule has 0 unspecified atom stereocenters. The first-order chi connectivity index (χ1) is 6.40. The number of hydrogen-bond donors (Lipinski definition) is 0. The summed E-state index contributed by atoms with van der Waals surface area (Å²) >= 11 is 0. The van der Waals surface area contributed by atoms with Crippen molar-refractivity contribution in [2.75, 3.05) is 18.0 Å². The third-order valence-corrected chi connectivity index (χ3v) is 2.45. The van der Waals surface area contributed by atoms with Crippen LogP contribution in [-0.4, -0.2) is 13.1 Å². The van der Waals surface area contributed by atoms with Gasteiger partial charge in [-0.05, 0) is 31.0 Å². The molecule has 66 valence electrons. The smallest absolute Gasteiger partial charge is 0.0992 e. The second kappa shape index (κ2) is 3.49. The number of nitriles is 1. The van der Waals surface area contributed by atoms with Gasteiger partial charge in [-0.2, -0.15) is 5.26 Å². The normalized spacial score (nSPS) is 15.8. The van der Waals surface area contributed by atoms with Gasteiger partial charge in [-0.1, -0.05) is 6.07 Å². The van der Waals surface area contributed by atoms with E-state index in [-0.39, 0.29) is 0 Å². The Morgan fingerprint density at radius 2 is 2.00 bits per heavy atom. The summed E-state index contributed by atoms with van der Waals surface area (Å²) in [6, 6.07) is 10.0. The number of hydrogen-bond acceptors (Lipinski definition) is 2. The van der Waals surface area contributed by atoms with Crippen molar-refractivity contribution >= 4 is 5.69 Å². The predicted octanol–water partition coefficient (Wildman–Crippen LogP) is 2.16. The molecule has 2 heteroatoms. The molecule has 1 aromatic carbocycles. The van der Waals surface area contributed by atoms with Crippen molar-refractivity contribution in [3.63, 3.8) is 0 Å². The number of benzene rings is 1. The van der Waals surface area contributed by atoms with E-state index < -0.39 is 0 Å². The molecule has 1 saturated heterocycles. The van der Waals surface area contributed by atoms with E-state index in [1.54, 1.807) is 0 Å². The molecule has 0 bridgehead atoms. The minimum absolute atomic E-state index is 0.754. The van der Waals surface area contributed by atoms with Gasteiger partial charge in [-0.25, -0.2) is 0 Å². The van der Waals surface area contributed by atoms with E-state index in [0.717, 1.165) is 18.7 Å². The molecule has 0 amide bonds. The highest BCUT2D eigenvalue weighted by Gasteiger charge is 2.11. The maximum atomic E-state index is 8.74. The van der Waals surface area contributed by atoms with Gasteiger partial charge in [0.15, 0.2) is 0 Å². The van der Waals surface area contributed by atoms with E-state index in [4.69, 9.17) is 5.26 Å². The Bertz CT molecular complexity index is 332. The molecule has 2 nitrogen and oxygen atoms in total. The topological polar surface area (TPSA) is 27.0 Å². The molecule has 0 aromatic heterocycles. The van der Waals surface area contributed by atoms with Gasteiger partial charge in [-0.15, -0.1) is 0 Å². The summed E-state index contributed by atoms with van der Waals surface area (Å²) in [5.74, 6) is 0. The maximum absolute atomic E-state index is 8.74. The van der Waals surface area contributed by atoms with Crippen LogP contribution in [0, 0.1) is 11.3 Å². The Morgan fingerprint density at radius 1 is 1.23 bits per heavy atom. The van der Waals surface area contributed by atoms with Crippen molar-refractivity contribution in [3.8, 4) is 6.07 Å². The summed E-state index contributed by atoms with van der Waals surface area (Å²) in [4.78, 5) is 2.33. The highest BCUT2D eigenvalue weighted by atomic mass is 15.1. The molecule has 1 fully saturated rings. The van der Waals surface area contributed by atoms with Crippen LogP contribution in [0.5, 0.6) is 0 Å². The first kappa shape index (κ1) is 8.12. The van der Waals surface area contributed by atoms with Gasteiger partial charge < -0.3 is 4.90 Å². The number of rotatable bonds is 1. The second-order valence-electron chi connectivity index (χ2n) is 3.36. The molecule has 0 atom stereocenters. The first-order valence-electron chi connectivity index (χ1n) is 4.65. The van der Waals surface area contributed by atoms with E-state index in [1.165, 1.54) is 18.5 Å². The van der Waals surface area contributed by atoms with Crippen LogP contribution in [0.2, 0.25) is 0 Å². The zero-order valence-corrected chi connectivity index (χ0v) is 7.53. The minimum atomic E-state index is 0.754. The standard InChI is InChI=1S/C11H12N2/c12-9-10-4-3-5-11(8-10)13-6-1-2-7-13/h3-5,8H,1-2,6-7H2. The molecule has 1 heterocycles. The minimum Gasteiger partial charge on any atom is -0.371 e. The van der Waals surface area contributed by atoms with Crippen LogP contribution in [0.25, 0.3) is 0 Å². The van der Waals surface area contributed by atoms with Crippen LogP contribution >= 0.6 is 0 Å². The molecule has 1 aliphatic rings. The molecule has 0 aliphatic carbocycles. The van der Waals surface area contributed by atoms with Crippen LogP contribution < -0.4 is 4.90 Å². The largest absolute Gasteiger partial charge is 0.371 e. The Morgan fingerprint density at radius 3 is 2.69 bits per heavy atom. The molecule has 1 aromatic rings. The molecule has 0 saturated carbocycles. The Balaban J connectivity index is 2.25. The SMILES string of the molecule is N#Cc1cccc(N2CCCC2)c1. The monoisotopic (exact) mass is 172 g/mol. The fourth-order valence-electron chi connectivity index (χ4n) is 1.75. The van der Waals surface area contributed by atoms with E-state index in [0.29, 0.717) is 0 Å². The van der Waals surface area contributed by atoms with E-state index in [9.17, 15) is 0 Å². The number of anilines is 1. The fourth-order valence-corrected chi connectivity index (χ4v) is 1.75. The van der Waals surface area contributed by atoms with Crippen molar-refractivity contribution in [2.24, 2.45) is 0 Å². The van der Waals surface area contributed by atoms with Crippen LogP contribution in [0.3, 0.4) is 0 Å². The lowest BCUT2D eigenvalue weighted by Crippen LogP contribution is -2.17. The van der Waals surface area contributed by atoms with E-state index in [2.05, 4.69) is 17.0 Å². The van der Waals surface area contributed by atoms with Gasteiger partial charge in [-0.3, -0.25) is 0 Å². The number of nitrogens with zero attached hydrogens (tertiary/aromatic N) is 2. The highest BCUT2D eigenvalue weighted by Crippen LogP contribution is 2.20. The summed E-state index contributed by atoms with van der Waals surface area (Å²) < 4.78 is 0. The van der Waals surface area contributed by atoms with Crippen molar-refractivity contribution in [1.29, 1.82) is 5.26 Å². The molecule has 0 N–H and O–H groups in total. The fraction of sp³-hybridized carbons (Fsp3) is 0.364. The molecular weight excluding hydrogens is 160 g/mol. The van der Waals surface area contributed by atoms with Crippen LogP contribution in [0.1, 0.15) is 18.4 Å². The van der Waals surface area contributed by atoms with Crippen molar-refractivity contribution < 1.29 is 0 Å². The van der Waals surface area contributed by atoms with Crippen LogP contribution in [-0.2, 0) is 0 Å². The lowest BCUT2D eigenvalue weighted by molar-refractivity contribution is 0.949. The van der Waals surface area contributed by atoms with Gasteiger partial charge in [0.2, 0.25) is 0 Å². The summed E-state index contributed by atoms with van der Waals surface area (Å²) in [6.07, 6.45) is 2.55. The summed E-state index contributed by atoms with van der Waals surface area (Å²) in [7, 11) is 0.